The van der Waals surface area contributed by atoms with Gasteiger partial charge >= 0.3 is 0 Å². The van der Waals surface area contributed by atoms with Crippen LogP contribution in [0.5, 0.6) is 0 Å². The standard InChI is InChI=1S/C11H22N4O3S/c1-3-7-19(16,17)8-5-15-11(13-10-14-15)9-12-4-6-18-2/h10,12H,3-9H2,1-2H3. The van der Waals surface area contributed by atoms with Crippen LogP contribution in [0.2, 0.25) is 0 Å². The maximum absolute atomic E-state index is 11.6. The Bertz CT molecular complexity index is 458. The molecule has 1 aromatic heterocycles. The summed E-state index contributed by atoms with van der Waals surface area (Å²) in [5, 5.41) is 7.20. The molecule has 1 rings (SSSR count). The lowest BCUT2D eigenvalue weighted by atomic mass is 10.5. The number of nitrogens with one attached hydrogen (secondary N) is 1. The smallest absolute Gasteiger partial charge is 0.152 e. The molecule has 0 bridgehead atoms. The molecule has 0 radical (unpaired) electrons. The van der Waals surface area contributed by atoms with E-state index < -0.39 is 9.84 Å². The maximum atomic E-state index is 11.6. The average Bonchev–Trinajstić information content (AvgIpc) is 2.80. The third-order valence-corrected chi connectivity index (χ3v) is 4.43. The fourth-order valence-corrected chi connectivity index (χ4v) is 2.90. The van der Waals surface area contributed by atoms with E-state index in [4.69, 9.17) is 4.74 Å². The van der Waals surface area contributed by atoms with Gasteiger partial charge in [0.05, 0.1) is 25.4 Å². The Hall–Kier alpha value is -0.990. The van der Waals surface area contributed by atoms with E-state index in [0.717, 1.165) is 12.4 Å². The van der Waals surface area contributed by atoms with Gasteiger partial charge in [-0.25, -0.2) is 18.1 Å². The monoisotopic (exact) mass is 290 g/mol. The summed E-state index contributed by atoms with van der Waals surface area (Å²) in [5.41, 5.74) is 0. The Morgan fingerprint density at radius 2 is 2.21 bits per heavy atom. The van der Waals surface area contributed by atoms with E-state index >= 15 is 0 Å². The van der Waals surface area contributed by atoms with Gasteiger partial charge in [-0.1, -0.05) is 6.92 Å². The van der Waals surface area contributed by atoms with E-state index in [2.05, 4.69) is 15.4 Å². The van der Waals surface area contributed by atoms with E-state index in [1.807, 2.05) is 6.92 Å². The van der Waals surface area contributed by atoms with E-state index in [1.165, 1.54) is 6.33 Å². The average molecular weight is 290 g/mol. The number of aromatic nitrogens is 3. The van der Waals surface area contributed by atoms with Crippen molar-refractivity contribution in [2.45, 2.75) is 26.4 Å². The quantitative estimate of drug-likeness (QED) is 0.603. The number of aryl methyl sites for hydroxylation is 1. The minimum atomic E-state index is -2.98. The van der Waals surface area contributed by atoms with Gasteiger partial charge in [0.25, 0.3) is 0 Å². The third-order valence-electron chi connectivity index (χ3n) is 2.59. The predicted octanol–water partition coefficient (Wildman–Crippen LogP) is -0.161. The molecule has 0 amide bonds. The summed E-state index contributed by atoms with van der Waals surface area (Å²) < 4.78 is 29.8. The van der Waals surface area contributed by atoms with Gasteiger partial charge in [0.1, 0.15) is 12.2 Å². The van der Waals surface area contributed by atoms with Gasteiger partial charge in [0.15, 0.2) is 9.84 Å². The summed E-state index contributed by atoms with van der Waals surface area (Å²) in [6.07, 6.45) is 2.09. The van der Waals surface area contributed by atoms with Crippen LogP contribution in [0.4, 0.5) is 0 Å². The summed E-state index contributed by atoms with van der Waals surface area (Å²) in [6, 6.07) is 0. The van der Waals surface area contributed by atoms with Gasteiger partial charge in [0.2, 0.25) is 0 Å². The first-order valence-electron chi connectivity index (χ1n) is 6.36. The van der Waals surface area contributed by atoms with Gasteiger partial charge in [-0.2, -0.15) is 5.10 Å². The molecular formula is C11H22N4O3S. The molecule has 0 unspecified atom stereocenters. The van der Waals surface area contributed by atoms with Crippen LogP contribution < -0.4 is 5.32 Å². The fraction of sp³-hybridized carbons (Fsp3) is 0.818. The number of ether oxygens (including phenoxy) is 1. The molecule has 19 heavy (non-hydrogen) atoms. The first-order valence-corrected chi connectivity index (χ1v) is 8.18. The van der Waals surface area contributed by atoms with Crippen LogP contribution in [-0.2, 0) is 27.7 Å². The van der Waals surface area contributed by atoms with E-state index in [-0.39, 0.29) is 11.5 Å². The number of hydrogen-bond acceptors (Lipinski definition) is 6. The summed E-state index contributed by atoms with van der Waals surface area (Å²) in [5.74, 6) is 1.07. The van der Waals surface area contributed by atoms with Crippen molar-refractivity contribution in [1.29, 1.82) is 0 Å². The number of nitrogens with zero attached hydrogens (tertiary/aromatic N) is 3. The Balaban J connectivity index is 2.44. The zero-order valence-electron chi connectivity index (χ0n) is 11.5. The van der Waals surface area contributed by atoms with Crippen molar-refractivity contribution in [2.75, 3.05) is 31.8 Å². The summed E-state index contributed by atoms with van der Waals surface area (Å²) >= 11 is 0. The van der Waals surface area contributed by atoms with Crippen molar-refractivity contribution in [3.8, 4) is 0 Å². The van der Waals surface area contributed by atoms with E-state index in [0.29, 0.717) is 26.1 Å². The molecule has 1 heterocycles. The minimum Gasteiger partial charge on any atom is -0.383 e. The zero-order valence-corrected chi connectivity index (χ0v) is 12.3. The highest BCUT2D eigenvalue weighted by atomic mass is 32.2. The molecule has 1 N–H and O–H groups in total. The van der Waals surface area contributed by atoms with Crippen molar-refractivity contribution >= 4 is 9.84 Å². The van der Waals surface area contributed by atoms with Gasteiger partial charge in [-0.3, -0.25) is 0 Å². The number of methoxy groups -OCH3 is 1. The molecule has 0 fully saturated rings. The highest BCUT2D eigenvalue weighted by Crippen LogP contribution is 1.99. The highest BCUT2D eigenvalue weighted by molar-refractivity contribution is 7.91. The van der Waals surface area contributed by atoms with Crippen LogP contribution in [-0.4, -0.2) is 54.9 Å². The SMILES string of the molecule is CCCS(=O)(=O)CCn1ncnc1CNCCOC. The molecule has 0 aliphatic rings. The Morgan fingerprint density at radius 3 is 2.89 bits per heavy atom. The first kappa shape index (κ1) is 16.1. The van der Waals surface area contributed by atoms with Gasteiger partial charge < -0.3 is 10.1 Å². The molecule has 0 atom stereocenters. The third kappa shape index (κ3) is 6.13. The second-order valence-corrected chi connectivity index (χ2v) is 6.52. The summed E-state index contributed by atoms with van der Waals surface area (Å²) in [4.78, 5) is 4.11. The molecule has 7 nitrogen and oxygen atoms in total. The topological polar surface area (TPSA) is 86.1 Å². The van der Waals surface area contributed by atoms with E-state index in [9.17, 15) is 8.42 Å². The molecule has 8 heteroatoms. The summed E-state index contributed by atoms with van der Waals surface area (Å²) in [6.45, 7) is 4.11. The molecular weight excluding hydrogens is 268 g/mol. The first-order chi connectivity index (χ1) is 9.09. The Morgan fingerprint density at radius 1 is 1.42 bits per heavy atom. The van der Waals surface area contributed by atoms with Crippen LogP contribution in [0.25, 0.3) is 0 Å². The van der Waals surface area contributed by atoms with Crippen LogP contribution >= 0.6 is 0 Å². The van der Waals surface area contributed by atoms with Gasteiger partial charge in [0, 0.05) is 19.4 Å². The maximum Gasteiger partial charge on any atom is 0.152 e. The normalized spacial score (nSPS) is 11.9. The minimum absolute atomic E-state index is 0.106. The molecule has 0 aromatic carbocycles. The zero-order chi connectivity index (χ0) is 14.1. The molecule has 0 saturated heterocycles. The molecule has 1 aromatic rings. The van der Waals surface area contributed by atoms with Crippen LogP contribution in [0.3, 0.4) is 0 Å². The van der Waals surface area contributed by atoms with Crippen LogP contribution in [0.1, 0.15) is 19.2 Å². The molecule has 0 aliphatic carbocycles. The largest absolute Gasteiger partial charge is 0.383 e. The molecule has 0 saturated carbocycles. The Labute approximate surface area is 114 Å². The number of rotatable bonds is 10. The Kier molecular flexibility index (Phi) is 6.96. The lowest BCUT2D eigenvalue weighted by Crippen LogP contribution is -2.23. The van der Waals surface area contributed by atoms with Crippen molar-refractivity contribution < 1.29 is 13.2 Å². The molecule has 0 aliphatic heterocycles. The molecule has 110 valence electrons. The van der Waals surface area contributed by atoms with E-state index in [1.54, 1.807) is 11.8 Å². The van der Waals surface area contributed by atoms with Crippen LogP contribution in [0.15, 0.2) is 6.33 Å². The van der Waals surface area contributed by atoms with Crippen molar-refractivity contribution in [2.24, 2.45) is 0 Å². The van der Waals surface area contributed by atoms with Crippen molar-refractivity contribution in [3.05, 3.63) is 12.2 Å². The van der Waals surface area contributed by atoms with Crippen molar-refractivity contribution in [1.82, 2.24) is 20.1 Å². The summed E-state index contributed by atoms with van der Waals surface area (Å²) in [7, 11) is -1.34. The van der Waals surface area contributed by atoms with Gasteiger partial charge in [-0.05, 0) is 6.42 Å². The van der Waals surface area contributed by atoms with Crippen LogP contribution in [0, 0.1) is 0 Å². The highest BCUT2D eigenvalue weighted by Gasteiger charge is 2.11. The van der Waals surface area contributed by atoms with Crippen molar-refractivity contribution in [3.63, 3.8) is 0 Å². The second-order valence-electron chi connectivity index (χ2n) is 4.22. The lowest BCUT2D eigenvalue weighted by molar-refractivity contribution is 0.198. The number of hydrogen-bond donors (Lipinski definition) is 1. The lowest BCUT2D eigenvalue weighted by Gasteiger charge is -2.07. The predicted molar refractivity (Wildman–Crippen MR) is 72.5 cm³/mol. The molecule has 0 spiro atoms. The number of sulfone groups is 1. The fourth-order valence-electron chi connectivity index (χ4n) is 1.62. The van der Waals surface area contributed by atoms with Gasteiger partial charge in [-0.15, -0.1) is 0 Å². The second kappa shape index (κ2) is 8.23.